The molecule has 300 valence electrons. The zero-order valence-electron chi connectivity index (χ0n) is 36.1. The first-order valence-electron chi connectivity index (χ1n) is 21.0. The van der Waals surface area contributed by atoms with E-state index in [1.807, 2.05) is 6.20 Å². The van der Waals surface area contributed by atoms with Crippen molar-refractivity contribution in [3.8, 4) is 28.4 Å². The predicted octanol–water partition coefficient (Wildman–Crippen LogP) is 14.3. The van der Waals surface area contributed by atoms with E-state index in [-0.39, 0.29) is 16.2 Å². The molecule has 9 rings (SSSR count). The predicted molar refractivity (Wildman–Crippen MR) is 252 cm³/mol. The maximum Gasteiger partial charge on any atom is 0.137 e. The minimum absolute atomic E-state index is 0.00349. The van der Waals surface area contributed by atoms with E-state index in [0.717, 1.165) is 39.7 Å². The molecule has 0 bridgehead atoms. The van der Waals surface area contributed by atoms with Crippen molar-refractivity contribution in [3.05, 3.63) is 193 Å². The summed E-state index contributed by atoms with van der Waals surface area (Å²) in [6.07, 6.45) is 6.31. The molecule has 0 fully saturated rings. The normalized spacial score (nSPS) is 13.5. The highest BCUT2D eigenvalue weighted by molar-refractivity contribution is 6.09. The van der Waals surface area contributed by atoms with Crippen molar-refractivity contribution in [1.82, 2.24) is 9.55 Å². The number of pyridine rings is 1. The van der Waals surface area contributed by atoms with E-state index >= 15 is 0 Å². The van der Waals surface area contributed by atoms with E-state index in [1.165, 1.54) is 44.2 Å². The zero-order chi connectivity index (χ0) is 41.8. The molecule has 6 aromatic carbocycles. The van der Waals surface area contributed by atoms with Gasteiger partial charge in [0.05, 0.1) is 17.7 Å². The van der Waals surface area contributed by atoms with Crippen molar-refractivity contribution < 1.29 is 4.74 Å². The maximum atomic E-state index is 6.86. The summed E-state index contributed by atoms with van der Waals surface area (Å²) in [5, 5.41) is 2.36. The van der Waals surface area contributed by atoms with Crippen molar-refractivity contribution in [2.45, 2.75) is 71.6 Å². The van der Waals surface area contributed by atoms with Gasteiger partial charge in [0.1, 0.15) is 17.3 Å². The number of anilines is 2. The van der Waals surface area contributed by atoms with Gasteiger partial charge in [0, 0.05) is 58.3 Å². The lowest BCUT2D eigenvalue weighted by Crippen LogP contribution is -2.26. The Hall–Kier alpha value is -6.59. The standard InChI is InChI=1S/C55H54N4O/c1-53(2,3)41-25-26-56-52(34-41)59-50-22-16-15-21-48(50)49-24-23-46(36-51(49)59)60-47-33-42(54(4,5)6)31-45(35-47)58-28-27-57(37-58)44-30-39(38-17-11-9-12-18-38)29-43(32-44)55(7,8)40-19-13-10-14-20-40/h9-36H,37H2,1-8H3. The molecule has 5 heteroatoms. The van der Waals surface area contributed by atoms with Crippen LogP contribution in [-0.4, -0.2) is 16.2 Å². The summed E-state index contributed by atoms with van der Waals surface area (Å²) in [5.41, 5.74) is 11.6. The number of aromatic nitrogens is 2. The highest BCUT2D eigenvalue weighted by Crippen LogP contribution is 2.41. The Morgan fingerprint density at radius 3 is 1.82 bits per heavy atom. The van der Waals surface area contributed by atoms with E-state index in [4.69, 9.17) is 9.72 Å². The molecule has 0 spiro atoms. The number of hydrogen-bond donors (Lipinski definition) is 0. The number of ether oxygens (including phenoxy) is 1. The van der Waals surface area contributed by atoms with Crippen molar-refractivity contribution in [2.24, 2.45) is 0 Å². The topological polar surface area (TPSA) is 33.5 Å². The maximum absolute atomic E-state index is 6.86. The van der Waals surface area contributed by atoms with Crippen LogP contribution < -0.4 is 14.5 Å². The highest BCUT2D eigenvalue weighted by Gasteiger charge is 2.27. The SMILES string of the molecule is CC(C)(C)c1cc(Oc2ccc3c4ccccc4n(-c4cc(C(C)(C)C)ccn4)c3c2)cc(N2C=CN(c3cc(-c4ccccc4)cc(C(C)(C)c4ccccc4)c3)C2)c1. The average Bonchev–Trinajstić information content (AvgIpc) is 3.87. The van der Waals surface area contributed by atoms with Crippen LogP contribution in [0, 0.1) is 0 Å². The summed E-state index contributed by atoms with van der Waals surface area (Å²) in [5.74, 6) is 2.48. The molecule has 60 heavy (non-hydrogen) atoms. The van der Waals surface area contributed by atoms with E-state index < -0.39 is 0 Å². The molecule has 5 nitrogen and oxygen atoms in total. The third-order valence-corrected chi connectivity index (χ3v) is 12.1. The van der Waals surface area contributed by atoms with Gasteiger partial charge in [-0.25, -0.2) is 4.98 Å². The van der Waals surface area contributed by atoms with Crippen LogP contribution in [0.25, 0.3) is 38.8 Å². The van der Waals surface area contributed by atoms with Crippen molar-refractivity contribution in [1.29, 1.82) is 0 Å². The Labute approximate surface area is 355 Å². The summed E-state index contributed by atoms with van der Waals surface area (Å²) < 4.78 is 9.13. The fourth-order valence-electron chi connectivity index (χ4n) is 8.36. The molecule has 0 amide bonds. The molecular formula is C55H54N4O. The summed E-state index contributed by atoms with van der Waals surface area (Å²) in [6, 6.07) is 54.6. The first-order chi connectivity index (χ1) is 28.7. The Bertz CT molecular complexity index is 2870. The van der Waals surface area contributed by atoms with Crippen LogP contribution in [-0.2, 0) is 16.2 Å². The number of para-hydroxylation sites is 1. The molecule has 3 heterocycles. The summed E-state index contributed by atoms with van der Waals surface area (Å²) >= 11 is 0. The second-order valence-corrected chi connectivity index (χ2v) is 18.8. The van der Waals surface area contributed by atoms with Crippen LogP contribution in [0.3, 0.4) is 0 Å². The van der Waals surface area contributed by atoms with Gasteiger partial charge in [-0.05, 0) is 98.8 Å². The second kappa shape index (κ2) is 14.9. The lowest BCUT2D eigenvalue weighted by molar-refractivity contribution is 0.479. The largest absolute Gasteiger partial charge is 0.457 e. The van der Waals surface area contributed by atoms with Gasteiger partial charge in [0.25, 0.3) is 0 Å². The fraction of sp³-hybridized carbons (Fsp3) is 0.218. The number of rotatable bonds is 8. The smallest absolute Gasteiger partial charge is 0.137 e. The first-order valence-corrected chi connectivity index (χ1v) is 21.0. The summed E-state index contributed by atoms with van der Waals surface area (Å²) in [6.45, 7) is 18.8. The van der Waals surface area contributed by atoms with E-state index in [2.05, 4.69) is 234 Å². The van der Waals surface area contributed by atoms with Gasteiger partial charge in [0.2, 0.25) is 0 Å². The van der Waals surface area contributed by atoms with Gasteiger partial charge in [0.15, 0.2) is 0 Å². The van der Waals surface area contributed by atoms with Crippen LogP contribution >= 0.6 is 0 Å². The Morgan fingerprint density at radius 2 is 1.10 bits per heavy atom. The molecule has 0 N–H and O–H groups in total. The molecule has 2 aromatic heterocycles. The number of hydrogen-bond acceptors (Lipinski definition) is 4. The Morgan fingerprint density at radius 1 is 0.467 bits per heavy atom. The van der Waals surface area contributed by atoms with Gasteiger partial charge in [-0.3, -0.25) is 4.57 Å². The summed E-state index contributed by atoms with van der Waals surface area (Å²) in [7, 11) is 0. The number of benzene rings is 6. The molecule has 8 aromatic rings. The van der Waals surface area contributed by atoms with Crippen LogP contribution in [0.15, 0.2) is 170 Å². The van der Waals surface area contributed by atoms with Crippen LogP contribution in [0.4, 0.5) is 11.4 Å². The van der Waals surface area contributed by atoms with E-state index in [9.17, 15) is 0 Å². The quantitative estimate of drug-likeness (QED) is 0.154. The zero-order valence-corrected chi connectivity index (χ0v) is 36.1. The lowest BCUT2D eigenvalue weighted by atomic mass is 9.77. The van der Waals surface area contributed by atoms with Crippen LogP contribution in [0.1, 0.15) is 77.6 Å². The first kappa shape index (κ1) is 38.9. The van der Waals surface area contributed by atoms with Gasteiger partial charge >= 0.3 is 0 Å². The molecule has 0 saturated heterocycles. The van der Waals surface area contributed by atoms with Gasteiger partial charge in [-0.15, -0.1) is 0 Å². The molecule has 0 atom stereocenters. The molecule has 0 saturated carbocycles. The molecule has 1 aliphatic rings. The number of fused-ring (bicyclic) bond motifs is 3. The molecule has 0 radical (unpaired) electrons. The van der Waals surface area contributed by atoms with Gasteiger partial charge in [-0.2, -0.15) is 0 Å². The van der Waals surface area contributed by atoms with Gasteiger partial charge in [-0.1, -0.05) is 140 Å². The second-order valence-electron chi connectivity index (χ2n) is 18.8. The Kier molecular flexibility index (Phi) is 9.66. The average molecular weight is 787 g/mol. The van der Waals surface area contributed by atoms with Crippen molar-refractivity contribution >= 4 is 33.2 Å². The van der Waals surface area contributed by atoms with E-state index in [0.29, 0.717) is 6.67 Å². The highest BCUT2D eigenvalue weighted by atomic mass is 16.5. The van der Waals surface area contributed by atoms with E-state index in [1.54, 1.807) is 0 Å². The summed E-state index contributed by atoms with van der Waals surface area (Å²) in [4.78, 5) is 9.55. The third kappa shape index (κ3) is 7.45. The Balaban J connectivity index is 1.07. The fourth-order valence-corrected chi connectivity index (χ4v) is 8.36. The van der Waals surface area contributed by atoms with Gasteiger partial charge < -0.3 is 14.5 Å². The van der Waals surface area contributed by atoms with Crippen molar-refractivity contribution in [2.75, 3.05) is 16.5 Å². The number of nitrogens with zero attached hydrogens (tertiary/aromatic N) is 4. The lowest BCUT2D eigenvalue weighted by Gasteiger charge is -2.29. The molecule has 0 unspecified atom stereocenters. The van der Waals surface area contributed by atoms with Crippen LogP contribution in [0.2, 0.25) is 0 Å². The monoisotopic (exact) mass is 786 g/mol. The minimum atomic E-state index is -0.193. The minimum Gasteiger partial charge on any atom is -0.457 e. The third-order valence-electron chi connectivity index (χ3n) is 12.1. The molecule has 0 aliphatic carbocycles. The molecular weight excluding hydrogens is 733 g/mol. The molecule has 1 aliphatic heterocycles. The van der Waals surface area contributed by atoms with Crippen molar-refractivity contribution in [3.63, 3.8) is 0 Å². The van der Waals surface area contributed by atoms with Crippen LogP contribution in [0.5, 0.6) is 11.5 Å².